The molecule has 30 heavy (non-hydrogen) atoms. The van der Waals surface area contributed by atoms with E-state index >= 15 is 0 Å². The van der Waals surface area contributed by atoms with Crippen molar-refractivity contribution in [2.45, 2.75) is 67.7 Å². The minimum atomic E-state index is 0.131. The lowest BCUT2D eigenvalue weighted by Gasteiger charge is -2.17. The highest BCUT2D eigenvalue weighted by molar-refractivity contribution is 5.97. The molecule has 1 heteroatoms. The zero-order valence-corrected chi connectivity index (χ0v) is 20.2. The van der Waals surface area contributed by atoms with Crippen molar-refractivity contribution in [3.63, 3.8) is 0 Å². The SMILES string of the molecule is CCC1/C=C/C=C(C)/C=C/C=C/C(C)C(C)C/C=C/C(C)=C(C(C)=O)\C=C\CC1C. The molecule has 0 amide bonds. The number of ketones is 1. The van der Waals surface area contributed by atoms with E-state index in [4.69, 9.17) is 0 Å². The Kier molecular flexibility index (Phi) is 12.0. The number of Topliss-reactive ketones (excluding diaryl/α,β-unsaturated/α-hetero) is 1. The molecule has 4 unspecified atom stereocenters. The number of rotatable bonds is 2. The van der Waals surface area contributed by atoms with Gasteiger partial charge in [0, 0.05) is 5.57 Å². The Morgan fingerprint density at radius 2 is 1.57 bits per heavy atom. The van der Waals surface area contributed by atoms with Crippen LogP contribution in [0, 0.1) is 23.7 Å². The minimum Gasteiger partial charge on any atom is -0.295 e. The zero-order valence-electron chi connectivity index (χ0n) is 20.2. The summed E-state index contributed by atoms with van der Waals surface area (Å²) in [5.41, 5.74) is 3.12. The second kappa shape index (κ2) is 14.0. The van der Waals surface area contributed by atoms with Crippen LogP contribution in [0.4, 0.5) is 0 Å². The van der Waals surface area contributed by atoms with Gasteiger partial charge >= 0.3 is 0 Å². The maximum absolute atomic E-state index is 12.2. The first kappa shape index (κ1) is 25.9. The first-order chi connectivity index (χ1) is 14.3. The molecule has 0 radical (unpaired) electrons. The Morgan fingerprint density at radius 1 is 0.900 bits per heavy atom. The summed E-state index contributed by atoms with van der Waals surface area (Å²) in [4.78, 5) is 12.2. The van der Waals surface area contributed by atoms with E-state index in [-0.39, 0.29) is 5.78 Å². The van der Waals surface area contributed by atoms with E-state index in [9.17, 15) is 4.79 Å². The summed E-state index contributed by atoms with van der Waals surface area (Å²) in [6.45, 7) is 14.9. The van der Waals surface area contributed by atoms with Gasteiger partial charge in [0.1, 0.15) is 0 Å². The van der Waals surface area contributed by atoms with Gasteiger partial charge in [-0.1, -0.05) is 100 Å². The van der Waals surface area contributed by atoms with Crippen LogP contribution in [0.25, 0.3) is 0 Å². The molecule has 0 N–H and O–H groups in total. The van der Waals surface area contributed by atoms with Gasteiger partial charge in [0.2, 0.25) is 0 Å². The molecule has 0 fully saturated rings. The average Bonchev–Trinajstić information content (AvgIpc) is 2.70. The lowest BCUT2D eigenvalue weighted by atomic mass is 9.88. The third kappa shape index (κ3) is 9.57. The number of hydrogen-bond acceptors (Lipinski definition) is 1. The first-order valence-electron chi connectivity index (χ1n) is 11.5. The molecule has 164 valence electrons. The summed E-state index contributed by atoms with van der Waals surface area (Å²) < 4.78 is 0. The summed E-state index contributed by atoms with van der Waals surface area (Å²) in [6, 6.07) is 0. The lowest BCUT2D eigenvalue weighted by Crippen LogP contribution is -2.07. The van der Waals surface area contributed by atoms with E-state index < -0.39 is 0 Å². The fraction of sp³-hybridized carbons (Fsp3) is 0.483. The number of hydrogen-bond donors (Lipinski definition) is 0. The standard InChI is InChI=1S/C29H42O/c1-8-28-20-11-15-22(2)14-9-10-16-23(3)24(4)17-12-19-26(6)29(27(7)30)21-13-18-25(28)5/h9-16,19-21,23-25,28H,8,17-18H2,1-7H3/b14-9+,16-10+,19-12+,20-11+,21-13+,22-15+,29-26+. The Bertz CT molecular complexity index is 751. The molecule has 1 aliphatic rings. The monoisotopic (exact) mass is 406 g/mol. The predicted molar refractivity (Wildman–Crippen MR) is 133 cm³/mol. The molecule has 1 rings (SSSR count). The van der Waals surface area contributed by atoms with Crippen molar-refractivity contribution in [1.29, 1.82) is 0 Å². The van der Waals surface area contributed by atoms with Crippen molar-refractivity contribution in [3.8, 4) is 0 Å². The summed E-state index contributed by atoms with van der Waals surface area (Å²) in [5, 5.41) is 0. The van der Waals surface area contributed by atoms with Crippen molar-refractivity contribution < 1.29 is 4.79 Å². The average molecular weight is 407 g/mol. The molecule has 1 nitrogen and oxygen atoms in total. The summed E-state index contributed by atoms with van der Waals surface area (Å²) >= 11 is 0. The third-order valence-corrected chi connectivity index (χ3v) is 6.17. The third-order valence-electron chi connectivity index (χ3n) is 6.17. The van der Waals surface area contributed by atoms with Gasteiger partial charge in [-0.05, 0) is 69.3 Å². The van der Waals surface area contributed by atoms with E-state index in [0.717, 1.165) is 30.4 Å². The van der Waals surface area contributed by atoms with Crippen LogP contribution in [-0.2, 0) is 4.79 Å². The van der Waals surface area contributed by atoms with E-state index in [1.165, 1.54) is 5.57 Å². The van der Waals surface area contributed by atoms with Crippen LogP contribution in [0.5, 0.6) is 0 Å². The molecular formula is C29H42O. The van der Waals surface area contributed by atoms with Crippen LogP contribution in [0.15, 0.2) is 83.6 Å². The van der Waals surface area contributed by atoms with E-state index in [1.54, 1.807) is 6.92 Å². The van der Waals surface area contributed by atoms with E-state index in [1.807, 2.05) is 13.0 Å². The van der Waals surface area contributed by atoms with Crippen molar-refractivity contribution >= 4 is 5.78 Å². The first-order valence-corrected chi connectivity index (χ1v) is 11.5. The van der Waals surface area contributed by atoms with Gasteiger partial charge < -0.3 is 0 Å². The molecule has 0 saturated carbocycles. The molecule has 0 heterocycles. The van der Waals surface area contributed by atoms with E-state index in [0.29, 0.717) is 23.7 Å². The van der Waals surface area contributed by atoms with Crippen LogP contribution in [0.2, 0.25) is 0 Å². The zero-order chi connectivity index (χ0) is 22.5. The molecule has 0 saturated heterocycles. The fourth-order valence-electron chi connectivity index (χ4n) is 3.64. The largest absolute Gasteiger partial charge is 0.295 e. The highest BCUT2D eigenvalue weighted by Gasteiger charge is 2.11. The number of carbonyl (C=O) groups is 1. The van der Waals surface area contributed by atoms with Gasteiger partial charge in [0.05, 0.1) is 0 Å². The van der Waals surface area contributed by atoms with Crippen molar-refractivity contribution in [2.75, 3.05) is 0 Å². The predicted octanol–water partition coefficient (Wildman–Crippen LogP) is 8.35. The molecule has 1 aliphatic carbocycles. The van der Waals surface area contributed by atoms with Crippen molar-refractivity contribution in [3.05, 3.63) is 83.6 Å². The van der Waals surface area contributed by atoms with Crippen molar-refractivity contribution in [1.82, 2.24) is 0 Å². The van der Waals surface area contributed by atoms with Gasteiger partial charge in [-0.15, -0.1) is 0 Å². The highest BCUT2D eigenvalue weighted by atomic mass is 16.1. The number of allylic oxidation sites excluding steroid dienone is 14. The normalized spacial score (nSPS) is 36.7. The van der Waals surface area contributed by atoms with Crippen molar-refractivity contribution in [2.24, 2.45) is 23.7 Å². The smallest absolute Gasteiger partial charge is 0.160 e. The van der Waals surface area contributed by atoms with Crippen LogP contribution < -0.4 is 0 Å². The molecule has 0 aromatic rings. The quantitative estimate of drug-likeness (QED) is 0.450. The Hall–Kier alpha value is -2.15. The molecule has 0 aliphatic heterocycles. The topological polar surface area (TPSA) is 17.1 Å². The summed E-state index contributed by atoms with van der Waals surface area (Å²) in [5.74, 6) is 2.24. The fourth-order valence-corrected chi connectivity index (χ4v) is 3.64. The van der Waals surface area contributed by atoms with Crippen LogP contribution >= 0.6 is 0 Å². The summed E-state index contributed by atoms with van der Waals surface area (Å²) in [7, 11) is 0. The van der Waals surface area contributed by atoms with Gasteiger partial charge in [-0.2, -0.15) is 0 Å². The maximum Gasteiger partial charge on any atom is 0.160 e. The van der Waals surface area contributed by atoms with Gasteiger partial charge in [-0.3, -0.25) is 4.79 Å². The molecule has 0 spiro atoms. The Morgan fingerprint density at radius 3 is 2.23 bits per heavy atom. The molecule has 4 atom stereocenters. The molecular weight excluding hydrogens is 364 g/mol. The van der Waals surface area contributed by atoms with Crippen LogP contribution in [-0.4, -0.2) is 5.78 Å². The molecule has 0 bridgehead atoms. The Balaban J connectivity index is 3.20. The number of carbonyl (C=O) groups excluding carboxylic acids is 1. The minimum absolute atomic E-state index is 0.131. The molecule has 0 aromatic carbocycles. The highest BCUT2D eigenvalue weighted by Crippen LogP contribution is 2.22. The summed E-state index contributed by atoms with van der Waals surface area (Å²) in [6.07, 6.45) is 27.0. The second-order valence-electron chi connectivity index (χ2n) is 8.85. The van der Waals surface area contributed by atoms with Gasteiger partial charge in [0.25, 0.3) is 0 Å². The lowest BCUT2D eigenvalue weighted by molar-refractivity contribution is -0.113. The maximum atomic E-state index is 12.2. The van der Waals surface area contributed by atoms with Crippen LogP contribution in [0.1, 0.15) is 67.7 Å². The second-order valence-corrected chi connectivity index (χ2v) is 8.85. The van der Waals surface area contributed by atoms with E-state index in [2.05, 4.69) is 95.4 Å². The van der Waals surface area contributed by atoms with Gasteiger partial charge in [0.15, 0.2) is 5.78 Å². The van der Waals surface area contributed by atoms with Crippen LogP contribution in [0.3, 0.4) is 0 Å². The van der Waals surface area contributed by atoms with Gasteiger partial charge in [-0.25, -0.2) is 0 Å². The Labute approximate surface area is 185 Å². The molecule has 0 aromatic heterocycles.